The van der Waals surface area contributed by atoms with Gasteiger partial charge >= 0.3 is 0 Å². The van der Waals surface area contributed by atoms with Crippen LogP contribution in [0.1, 0.15) is 42.1 Å². The van der Waals surface area contributed by atoms with Gasteiger partial charge in [-0.25, -0.2) is 0 Å². The van der Waals surface area contributed by atoms with Crippen LogP contribution in [0.4, 0.5) is 0 Å². The molecule has 0 bridgehead atoms. The quantitative estimate of drug-likeness (QED) is 0.846. The predicted molar refractivity (Wildman–Crippen MR) is 69.9 cm³/mol. The van der Waals surface area contributed by atoms with Gasteiger partial charge in [-0.2, -0.15) is 4.98 Å². The van der Waals surface area contributed by atoms with Gasteiger partial charge in [0.1, 0.15) is 5.78 Å². The van der Waals surface area contributed by atoms with Crippen molar-refractivity contribution in [1.29, 1.82) is 0 Å². The number of aromatic nitrogens is 2. The fourth-order valence-electron chi connectivity index (χ4n) is 2.64. The molecule has 1 unspecified atom stereocenters. The maximum absolute atomic E-state index is 11.0. The zero-order valence-corrected chi connectivity index (χ0v) is 10.9. The number of fused-ring (bicyclic) bond motifs is 1. The van der Waals surface area contributed by atoms with E-state index in [0.717, 1.165) is 25.1 Å². The Hall–Kier alpha value is -1.97. The Morgan fingerprint density at radius 1 is 1.37 bits per heavy atom. The van der Waals surface area contributed by atoms with E-state index in [0.29, 0.717) is 11.8 Å². The highest BCUT2D eigenvalue weighted by Crippen LogP contribution is 2.31. The number of rotatable bonds is 3. The summed E-state index contributed by atoms with van der Waals surface area (Å²) >= 11 is 0. The largest absolute Gasteiger partial charge is 0.339 e. The fourth-order valence-corrected chi connectivity index (χ4v) is 2.64. The number of benzene rings is 1. The van der Waals surface area contributed by atoms with Crippen molar-refractivity contribution < 1.29 is 9.32 Å². The first-order valence-corrected chi connectivity index (χ1v) is 6.61. The van der Waals surface area contributed by atoms with Crippen LogP contribution in [0.2, 0.25) is 0 Å². The Morgan fingerprint density at radius 3 is 2.95 bits per heavy atom. The molecule has 4 heteroatoms. The van der Waals surface area contributed by atoms with Gasteiger partial charge in [0.2, 0.25) is 5.89 Å². The number of nitrogens with zero attached hydrogens (tertiary/aromatic N) is 2. The van der Waals surface area contributed by atoms with Gasteiger partial charge in [0.15, 0.2) is 5.82 Å². The Labute approximate surface area is 111 Å². The van der Waals surface area contributed by atoms with Gasteiger partial charge in [-0.05, 0) is 37.3 Å². The van der Waals surface area contributed by atoms with Gasteiger partial charge in [0, 0.05) is 5.92 Å². The van der Waals surface area contributed by atoms with E-state index in [9.17, 15) is 4.79 Å². The maximum Gasteiger partial charge on any atom is 0.234 e. The van der Waals surface area contributed by atoms with Gasteiger partial charge in [0.25, 0.3) is 0 Å². The van der Waals surface area contributed by atoms with Gasteiger partial charge < -0.3 is 4.52 Å². The highest BCUT2D eigenvalue weighted by Gasteiger charge is 2.24. The average molecular weight is 256 g/mol. The van der Waals surface area contributed by atoms with Gasteiger partial charge in [-0.3, -0.25) is 4.79 Å². The molecule has 0 spiro atoms. The molecule has 3 rings (SSSR count). The highest BCUT2D eigenvalue weighted by molar-refractivity contribution is 5.77. The SMILES string of the molecule is CC(=O)Cc1nc(C2CCc3ccccc3C2)no1. The molecule has 1 aromatic carbocycles. The summed E-state index contributed by atoms with van der Waals surface area (Å²) in [5, 5.41) is 4.03. The lowest BCUT2D eigenvalue weighted by Gasteiger charge is -2.21. The molecule has 98 valence electrons. The normalized spacial score (nSPS) is 18.1. The van der Waals surface area contributed by atoms with Crippen LogP contribution >= 0.6 is 0 Å². The molecule has 0 radical (unpaired) electrons. The number of hydrogen-bond donors (Lipinski definition) is 0. The molecule has 0 aliphatic heterocycles. The predicted octanol–water partition coefficient (Wildman–Crippen LogP) is 2.47. The average Bonchev–Trinajstić information content (AvgIpc) is 2.86. The minimum atomic E-state index is 0.0455. The van der Waals surface area contributed by atoms with Gasteiger partial charge in [-0.1, -0.05) is 29.4 Å². The first kappa shape index (κ1) is 12.1. The second-order valence-electron chi connectivity index (χ2n) is 5.13. The van der Waals surface area contributed by atoms with E-state index in [4.69, 9.17) is 4.52 Å². The molecule has 1 aliphatic carbocycles. The Bertz CT molecular complexity index is 604. The molecule has 4 nitrogen and oxygen atoms in total. The molecule has 1 aromatic heterocycles. The van der Waals surface area contributed by atoms with Crippen LogP contribution in [0, 0.1) is 0 Å². The summed E-state index contributed by atoms with van der Waals surface area (Å²) in [6, 6.07) is 8.50. The van der Waals surface area contributed by atoms with Gasteiger partial charge in [0.05, 0.1) is 6.42 Å². The second-order valence-corrected chi connectivity index (χ2v) is 5.13. The molecular formula is C15H16N2O2. The number of ketones is 1. The summed E-state index contributed by atoms with van der Waals surface area (Å²) in [6.07, 6.45) is 3.28. The van der Waals surface area contributed by atoms with Crippen molar-refractivity contribution in [3.8, 4) is 0 Å². The van der Waals surface area contributed by atoms with Crippen LogP contribution < -0.4 is 0 Å². The van der Waals surface area contributed by atoms with E-state index in [1.807, 2.05) is 0 Å². The topological polar surface area (TPSA) is 56.0 Å². The molecule has 0 saturated carbocycles. The summed E-state index contributed by atoms with van der Waals surface area (Å²) < 4.78 is 5.13. The van der Waals surface area contributed by atoms with Crippen LogP contribution in [0.25, 0.3) is 0 Å². The lowest BCUT2D eigenvalue weighted by atomic mass is 9.83. The number of hydrogen-bond acceptors (Lipinski definition) is 4. The van der Waals surface area contributed by atoms with Crippen molar-refractivity contribution in [2.75, 3.05) is 0 Å². The van der Waals surface area contributed by atoms with Crippen molar-refractivity contribution in [3.63, 3.8) is 0 Å². The van der Waals surface area contributed by atoms with E-state index < -0.39 is 0 Å². The van der Waals surface area contributed by atoms with Crippen LogP contribution in [0.5, 0.6) is 0 Å². The zero-order chi connectivity index (χ0) is 13.2. The monoisotopic (exact) mass is 256 g/mol. The third kappa shape index (κ3) is 2.57. The minimum absolute atomic E-state index is 0.0455. The minimum Gasteiger partial charge on any atom is -0.339 e. The first-order chi connectivity index (χ1) is 9.22. The van der Waals surface area contributed by atoms with Crippen molar-refractivity contribution in [1.82, 2.24) is 10.1 Å². The third-order valence-electron chi connectivity index (χ3n) is 3.60. The summed E-state index contributed by atoms with van der Waals surface area (Å²) in [5.41, 5.74) is 2.79. The summed E-state index contributed by atoms with van der Waals surface area (Å²) in [7, 11) is 0. The highest BCUT2D eigenvalue weighted by atomic mass is 16.5. The number of Topliss-reactive ketones (excluding diaryl/α,β-unsaturated/α-hetero) is 1. The van der Waals surface area contributed by atoms with Crippen molar-refractivity contribution in [3.05, 3.63) is 47.1 Å². The Morgan fingerprint density at radius 2 is 2.16 bits per heavy atom. The van der Waals surface area contributed by atoms with Crippen LogP contribution in [0.15, 0.2) is 28.8 Å². The smallest absolute Gasteiger partial charge is 0.234 e. The molecule has 0 saturated heterocycles. The number of aryl methyl sites for hydroxylation is 1. The molecule has 0 amide bonds. The zero-order valence-electron chi connectivity index (χ0n) is 10.9. The van der Waals surface area contributed by atoms with Crippen molar-refractivity contribution >= 4 is 5.78 Å². The van der Waals surface area contributed by atoms with Crippen LogP contribution in [0.3, 0.4) is 0 Å². The summed E-state index contributed by atoms with van der Waals surface area (Å²) in [5.74, 6) is 1.52. The lowest BCUT2D eigenvalue weighted by molar-refractivity contribution is -0.116. The Balaban J connectivity index is 1.77. The molecule has 1 atom stereocenters. The summed E-state index contributed by atoms with van der Waals surface area (Å²) in [4.78, 5) is 15.4. The maximum atomic E-state index is 11.0. The number of carbonyl (C=O) groups is 1. The molecule has 0 N–H and O–H groups in total. The molecule has 1 aliphatic rings. The second kappa shape index (κ2) is 4.96. The first-order valence-electron chi connectivity index (χ1n) is 6.61. The molecule has 2 aromatic rings. The molecule has 0 fully saturated rings. The molecular weight excluding hydrogens is 240 g/mol. The fraction of sp³-hybridized carbons (Fsp3) is 0.400. The third-order valence-corrected chi connectivity index (χ3v) is 3.60. The number of carbonyl (C=O) groups excluding carboxylic acids is 1. The van der Waals surface area contributed by atoms with Gasteiger partial charge in [-0.15, -0.1) is 0 Å². The molecule has 1 heterocycles. The Kier molecular flexibility index (Phi) is 3.15. The van der Waals surface area contributed by atoms with E-state index in [2.05, 4.69) is 34.4 Å². The summed E-state index contributed by atoms with van der Waals surface area (Å²) in [6.45, 7) is 1.53. The van der Waals surface area contributed by atoms with Crippen LogP contribution in [-0.4, -0.2) is 15.9 Å². The van der Waals surface area contributed by atoms with E-state index >= 15 is 0 Å². The van der Waals surface area contributed by atoms with E-state index in [1.54, 1.807) is 0 Å². The standard InChI is InChI=1S/C15H16N2O2/c1-10(18)8-14-16-15(17-19-14)13-7-6-11-4-2-3-5-12(11)9-13/h2-5,13H,6-9H2,1H3. The van der Waals surface area contributed by atoms with Crippen molar-refractivity contribution in [2.45, 2.75) is 38.5 Å². The van der Waals surface area contributed by atoms with E-state index in [-0.39, 0.29) is 12.2 Å². The van der Waals surface area contributed by atoms with Crippen molar-refractivity contribution in [2.24, 2.45) is 0 Å². The molecule has 19 heavy (non-hydrogen) atoms. The van der Waals surface area contributed by atoms with Crippen LogP contribution in [-0.2, 0) is 24.1 Å². The van der Waals surface area contributed by atoms with E-state index in [1.165, 1.54) is 18.1 Å². The lowest BCUT2D eigenvalue weighted by Crippen LogP contribution is -2.13.